The van der Waals surface area contributed by atoms with Gasteiger partial charge in [0.2, 0.25) is 20.9 Å². The van der Waals surface area contributed by atoms with E-state index in [-0.39, 0.29) is 23.3 Å². The highest BCUT2D eigenvalue weighted by Gasteiger charge is 2.27. The lowest BCUT2D eigenvalue weighted by molar-refractivity contribution is 0.0340. The van der Waals surface area contributed by atoms with Gasteiger partial charge in [-0.05, 0) is 13.8 Å². The van der Waals surface area contributed by atoms with Crippen molar-refractivity contribution in [2.24, 2.45) is 0 Å². The van der Waals surface area contributed by atoms with Gasteiger partial charge in [-0.1, -0.05) is 0 Å². The maximum absolute atomic E-state index is 12.0. The zero-order chi connectivity index (χ0) is 18.2. The number of nitrogens with zero attached hydrogens (tertiary/aromatic N) is 5. The average molecular weight is 364 g/mol. The van der Waals surface area contributed by atoms with Gasteiger partial charge in [0.1, 0.15) is 5.82 Å². The Labute approximate surface area is 146 Å². The molecule has 3 rings (SSSR count). The summed E-state index contributed by atoms with van der Waals surface area (Å²) in [5.74, 6) is 0.668. The molecule has 2 aromatic heterocycles. The van der Waals surface area contributed by atoms with E-state index in [9.17, 15) is 8.42 Å². The molecule has 134 valence electrons. The van der Waals surface area contributed by atoms with Crippen molar-refractivity contribution in [1.82, 2.24) is 19.9 Å². The molecule has 3 heterocycles. The van der Waals surface area contributed by atoms with Crippen LogP contribution in [0.15, 0.2) is 23.6 Å². The number of nitrogens with two attached hydrogens (primary N) is 1. The summed E-state index contributed by atoms with van der Waals surface area (Å²) < 4.78 is 29.7. The third-order valence-electron chi connectivity index (χ3n) is 3.89. The number of ether oxygens (including phenoxy) is 1. The minimum absolute atomic E-state index is 0.0242. The normalized spacial score (nSPS) is 21.3. The third kappa shape index (κ3) is 3.85. The first-order chi connectivity index (χ1) is 11.7. The van der Waals surface area contributed by atoms with Crippen LogP contribution in [0.5, 0.6) is 0 Å². The lowest BCUT2D eigenvalue weighted by Gasteiger charge is -2.37. The van der Waals surface area contributed by atoms with E-state index < -0.39 is 9.84 Å². The number of rotatable bonds is 3. The van der Waals surface area contributed by atoms with Crippen LogP contribution in [0.4, 0.5) is 11.8 Å². The van der Waals surface area contributed by atoms with E-state index >= 15 is 0 Å². The van der Waals surface area contributed by atoms with E-state index in [2.05, 4.69) is 19.9 Å². The average Bonchev–Trinajstić information content (AvgIpc) is 2.56. The maximum atomic E-state index is 12.0. The zero-order valence-electron chi connectivity index (χ0n) is 14.2. The Kier molecular flexibility index (Phi) is 4.56. The Bertz CT molecular complexity index is 871. The second kappa shape index (κ2) is 6.52. The first kappa shape index (κ1) is 17.5. The molecular weight excluding hydrogens is 344 g/mol. The topological polar surface area (TPSA) is 124 Å². The van der Waals surface area contributed by atoms with E-state index in [4.69, 9.17) is 10.5 Å². The van der Waals surface area contributed by atoms with Gasteiger partial charge >= 0.3 is 0 Å². The molecular formula is C15H20N6O3S. The molecule has 1 aliphatic rings. The quantitative estimate of drug-likeness (QED) is 0.776. The molecule has 2 aromatic rings. The highest BCUT2D eigenvalue weighted by Crippen LogP contribution is 2.26. The van der Waals surface area contributed by atoms with Gasteiger partial charge in [-0.25, -0.2) is 28.4 Å². The van der Waals surface area contributed by atoms with Crippen molar-refractivity contribution in [2.75, 3.05) is 30.0 Å². The molecule has 0 aliphatic carbocycles. The van der Waals surface area contributed by atoms with Crippen LogP contribution in [0.1, 0.15) is 13.8 Å². The molecule has 9 nitrogen and oxygen atoms in total. The first-order valence-corrected chi connectivity index (χ1v) is 9.68. The van der Waals surface area contributed by atoms with Crippen molar-refractivity contribution in [3.8, 4) is 11.3 Å². The molecule has 0 bridgehead atoms. The fourth-order valence-corrected chi connectivity index (χ4v) is 3.09. The predicted molar refractivity (Wildman–Crippen MR) is 92.8 cm³/mol. The van der Waals surface area contributed by atoms with Crippen molar-refractivity contribution >= 4 is 21.6 Å². The van der Waals surface area contributed by atoms with Gasteiger partial charge in [-0.3, -0.25) is 0 Å². The lowest BCUT2D eigenvalue weighted by atomic mass is 10.2. The molecule has 0 amide bonds. The van der Waals surface area contributed by atoms with Crippen molar-refractivity contribution in [1.29, 1.82) is 0 Å². The standard InChI is InChI=1S/C15H20N6O3S/c1-9-8-24-10(2)7-21(9)13-4-12(11-5-17-14(16)18-6-11)19-15(20-13)25(3,22)23/h4-6,9-10H,7-8H2,1-3H3,(H2,16,17,18)/t9-,10-/m0/s1. The van der Waals surface area contributed by atoms with Crippen LogP contribution in [0.2, 0.25) is 0 Å². The molecule has 0 aromatic carbocycles. The molecule has 0 spiro atoms. The van der Waals surface area contributed by atoms with Crippen molar-refractivity contribution in [3.63, 3.8) is 0 Å². The monoisotopic (exact) mass is 364 g/mol. The summed E-state index contributed by atoms with van der Waals surface area (Å²) in [7, 11) is -3.58. The Morgan fingerprint density at radius 1 is 1.24 bits per heavy atom. The van der Waals surface area contributed by atoms with Crippen LogP contribution in [-0.2, 0) is 14.6 Å². The Hall–Kier alpha value is -2.33. The van der Waals surface area contributed by atoms with Gasteiger partial charge in [0, 0.05) is 36.8 Å². The summed E-state index contributed by atoms with van der Waals surface area (Å²) in [5, 5.41) is -0.233. The predicted octanol–water partition coefficient (Wildman–Crippen LogP) is 0.533. The fraction of sp³-hybridized carbons (Fsp3) is 0.467. The largest absolute Gasteiger partial charge is 0.375 e. The van der Waals surface area contributed by atoms with Gasteiger partial charge in [-0.15, -0.1) is 0 Å². The summed E-state index contributed by atoms with van der Waals surface area (Å²) in [6.45, 7) is 5.12. The maximum Gasteiger partial charge on any atom is 0.249 e. The van der Waals surface area contributed by atoms with Crippen molar-refractivity contribution in [3.05, 3.63) is 18.5 Å². The molecule has 1 fully saturated rings. The van der Waals surface area contributed by atoms with Gasteiger partial charge in [0.15, 0.2) is 0 Å². The van der Waals surface area contributed by atoms with Gasteiger partial charge in [-0.2, -0.15) is 0 Å². The molecule has 0 radical (unpaired) electrons. The second-order valence-corrected chi connectivity index (χ2v) is 8.05. The number of morpholine rings is 1. The summed E-state index contributed by atoms with van der Waals surface area (Å²) in [4.78, 5) is 18.3. The summed E-state index contributed by atoms with van der Waals surface area (Å²) in [5.41, 5.74) is 6.51. The number of anilines is 2. The summed E-state index contributed by atoms with van der Waals surface area (Å²) in [6, 6.07) is 1.80. The first-order valence-electron chi connectivity index (χ1n) is 7.79. The Balaban J connectivity index is 2.11. The molecule has 1 aliphatic heterocycles. The second-order valence-electron chi connectivity index (χ2n) is 6.14. The summed E-state index contributed by atoms with van der Waals surface area (Å²) >= 11 is 0. The van der Waals surface area contributed by atoms with Crippen molar-refractivity contribution in [2.45, 2.75) is 31.1 Å². The Morgan fingerprint density at radius 3 is 2.56 bits per heavy atom. The summed E-state index contributed by atoms with van der Waals surface area (Å²) in [6.07, 6.45) is 4.12. The molecule has 10 heteroatoms. The van der Waals surface area contributed by atoms with Gasteiger partial charge in [0.25, 0.3) is 0 Å². The third-order valence-corrected chi connectivity index (χ3v) is 4.74. The smallest absolute Gasteiger partial charge is 0.249 e. The highest BCUT2D eigenvalue weighted by molar-refractivity contribution is 7.90. The molecule has 2 atom stereocenters. The van der Waals surface area contributed by atoms with Crippen LogP contribution < -0.4 is 10.6 Å². The minimum atomic E-state index is -3.58. The number of aromatic nitrogens is 4. The molecule has 2 N–H and O–H groups in total. The van der Waals surface area contributed by atoms with Crippen LogP contribution >= 0.6 is 0 Å². The number of nitrogen functional groups attached to an aromatic ring is 1. The molecule has 25 heavy (non-hydrogen) atoms. The molecule has 0 saturated carbocycles. The van der Waals surface area contributed by atoms with E-state index in [1.807, 2.05) is 18.7 Å². The number of hydrogen-bond acceptors (Lipinski definition) is 9. The van der Waals surface area contributed by atoms with E-state index in [0.717, 1.165) is 6.26 Å². The van der Waals surface area contributed by atoms with Crippen LogP contribution in [-0.4, -0.2) is 59.9 Å². The zero-order valence-corrected chi connectivity index (χ0v) is 15.1. The number of hydrogen-bond donors (Lipinski definition) is 1. The molecule has 0 unspecified atom stereocenters. The van der Waals surface area contributed by atoms with E-state index in [1.54, 1.807) is 6.07 Å². The van der Waals surface area contributed by atoms with Crippen LogP contribution in [0.25, 0.3) is 11.3 Å². The van der Waals surface area contributed by atoms with Crippen LogP contribution in [0, 0.1) is 0 Å². The Morgan fingerprint density at radius 2 is 1.92 bits per heavy atom. The SMILES string of the molecule is C[C@H]1CN(c2cc(-c3cnc(N)nc3)nc(S(C)(=O)=O)n2)[C@@H](C)CO1. The molecule has 1 saturated heterocycles. The van der Waals surface area contributed by atoms with Crippen LogP contribution in [0.3, 0.4) is 0 Å². The van der Waals surface area contributed by atoms with E-state index in [1.165, 1.54) is 12.4 Å². The minimum Gasteiger partial charge on any atom is -0.375 e. The number of sulfone groups is 1. The van der Waals surface area contributed by atoms with Crippen molar-refractivity contribution < 1.29 is 13.2 Å². The lowest BCUT2D eigenvalue weighted by Crippen LogP contribution is -2.48. The van der Waals surface area contributed by atoms with Gasteiger partial charge < -0.3 is 15.4 Å². The van der Waals surface area contributed by atoms with Gasteiger partial charge in [0.05, 0.1) is 24.4 Å². The highest BCUT2D eigenvalue weighted by atomic mass is 32.2. The van der Waals surface area contributed by atoms with E-state index in [0.29, 0.717) is 30.2 Å². The fourth-order valence-electron chi connectivity index (χ4n) is 2.57.